The molecule has 0 amide bonds. The molecule has 1 unspecified atom stereocenters. The summed E-state index contributed by atoms with van der Waals surface area (Å²) in [7, 11) is 0. The van der Waals surface area contributed by atoms with E-state index >= 15 is 0 Å². The van der Waals surface area contributed by atoms with E-state index in [4.69, 9.17) is 0 Å². The first-order valence-corrected chi connectivity index (χ1v) is 9.10. The Labute approximate surface area is 121 Å². The molecule has 0 saturated heterocycles. The minimum absolute atomic E-state index is 0.814. The van der Waals surface area contributed by atoms with Gasteiger partial charge in [0.15, 0.2) is 0 Å². The largest absolute Gasteiger partial charge is 0.314 e. The molecule has 1 heteroatoms. The topological polar surface area (TPSA) is 12.0 Å². The Morgan fingerprint density at radius 2 is 1.58 bits per heavy atom. The van der Waals surface area contributed by atoms with E-state index in [1.807, 2.05) is 0 Å². The summed E-state index contributed by atoms with van der Waals surface area (Å²) < 4.78 is 0. The minimum atomic E-state index is 0.814. The van der Waals surface area contributed by atoms with Crippen LogP contribution in [0.5, 0.6) is 0 Å². The van der Waals surface area contributed by atoms with Gasteiger partial charge in [0.25, 0.3) is 0 Å². The Morgan fingerprint density at radius 1 is 0.895 bits per heavy atom. The highest BCUT2D eigenvalue weighted by molar-refractivity contribution is 4.75. The van der Waals surface area contributed by atoms with Crippen LogP contribution in [0.25, 0.3) is 0 Å². The zero-order valence-electron chi connectivity index (χ0n) is 13.6. The molecule has 1 fully saturated rings. The second kappa shape index (κ2) is 11.8. The molecule has 0 aromatic carbocycles. The van der Waals surface area contributed by atoms with Gasteiger partial charge >= 0.3 is 0 Å². The van der Waals surface area contributed by atoms with E-state index in [0.717, 1.165) is 12.0 Å². The molecule has 0 aromatic rings. The van der Waals surface area contributed by atoms with Crippen molar-refractivity contribution >= 4 is 0 Å². The Morgan fingerprint density at radius 3 is 2.26 bits per heavy atom. The van der Waals surface area contributed by atoms with Crippen molar-refractivity contribution in [1.82, 2.24) is 5.32 Å². The zero-order chi connectivity index (χ0) is 13.8. The summed E-state index contributed by atoms with van der Waals surface area (Å²) in [6.07, 6.45) is 18.7. The summed E-state index contributed by atoms with van der Waals surface area (Å²) in [5.41, 5.74) is 0. The molecule has 114 valence electrons. The lowest BCUT2D eigenvalue weighted by Crippen LogP contribution is -2.31. The van der Waals surface area contributed by atoms with Crippen LogP contribution in [0, 0.1) is 5.92 Å². The molecule has 0 aliphatic heterocycles. The van der Waals surface area contributed by atoms with Gasteiger partial charge in [-0.3, -0.25) is 0 Å². The van der Waals surface area contributed by atoms with E-state index in [2.05, 4.69) is 19.2 Å². The molecule has 1 N–H and O–H groups in total. The minimum Gasteiger partial charge on any atom is -0.314 e. The van der Waals surface area contributed by atoms with E-state index in [1.165, 1.54) is 90.0 Å². The van der Waals surface area contributed by atoms with Gasteiger partial charge in [-0.1, -0.05) is 78.1 Å². The first kappa shape index (κ1) is 17.0. The lowest BCUT2D eigenvalue weighted by atomic mass is 9.94. The van der Waals surface area contributed by atoms with Crippen LogP contribution in [-0.4, -0.2) is 12.6 Å². The number of hydrogen-bond donors (Lipinski definition) is 1. The van der Waals surface area contributed by atoms with Crippen LogP contribution in [-0.2, 0) is 0 Å². The average molecular weight is 268 g/mol. The summed E-state index contributed by atoms with van der Waals surface area (Å²) in [4.78, 5) is 0. The maximum atomic E-state index is 3.80. The van der Waals surface area contributed by atoms with E-state index in [-0.39, 0.29) is 0 Å². The molecule has 0 heterocycles. The third-order valence-electron chi connectivity index (χ3n) is 4.68. The maximum Gasteiger partial charge on any atom is 0.00696 e. The van der Waals surface area contributed by atoms with Gasteiger partial charge in [-0.05, 0) is 31.7 Å². The molecular weight excluding hydrogens is 230 g/mol. The summed E-state index contributed by atoms with van der Waals surface area (Å²) >= 11 is 0. The van der Waals surface area contributed by atoms with Crippen molar-refractivity contribution in [3.63, 3.8) is 0 Å². The summed E-state index contributed by atoms with van der Waals surface area (Å²) in [5, 5.41) is 3.80. The molecule has 0 bridgehead atoms. The van der Waals surface area contributed by atoms with Crippen molar-refractivity contribution < 1.29 is 0 Å². The van der Waals surface area contributed by atoms with Gasteiger partial charge in [-0.15, -0.1) is 0 Å². The average Bonchev–Trinajstić information content (AvgIpc) is 2.92. The fraction of sp³-hybridized carbons (Fsp3) is 1.00. The quantitative estimate of drug-likeness (QED) is 0.448. The first-order chi connectivity index (χ1) is 9.36. The van der Waals surface area contributed by atoms with Gasteiger partial charge in [0.2, 0.25) is 0 Å². The maximum absolute atomic E-state index is 3.80. The van der Waals surface area contributed by atoms with Crippen LogP contribution in [0.2, 0.25) is 0 Å². The third kappa shape index (κ3) is 8.68. The second-order valence-corrected chi connectivity index (χ2v) is 6.59. The Kier molecular flexibility index (Phi) is 10.5. The normalized spacial score (nSPS) is 18.0. The smallest absolute Gasteiger partial charge is 0.00696 e. The molecule has 1 aliphatic rings. The van der Waals surface area contributed by atoms with E-state index in [9.17, 15) is 0 Å². The molecule has 0 radical (unpaired) electrons. The summed E-state index contributed by atoms with van der Waals surface area (Å²) in [6.45, 7) is 5.80. The molecule has 1 saturated carbocycles. The van der Waals surface area contributed by atoms with Crippen LogP contribution in [0.15, 0.2) is 0 Å². The number of nitrogens with one attached hydrogen (secondary N) is 1. The van der Waals surface area contributed by atoms with Crippen molar-refractivity contribution in [3.05, 3.63) is 0 Å². The third-order valence-corrected chi connectivity index (χ3v) is 4.68. The van der Waals surface area contributed by atoms with E-state index in [0.29, 0.717) is 0 Å². The van der Waals surface area contributed by atoms with Gasteiger partial charge in [0, 0.05) is 6.04 Å². The van der Waals surface area contributed by atoms with E-state index in [1.54, 1.807) is 0 Å². The number of hydrogen-bond acceptors (Lipinski definition) is 1. The monoisotopic (exact) mass is 267 g/mol. The van der Waals surface area contributed by atoms with Crippen LogP contribution < -0.4 is 5.32 Å². The second-order valence-electron chi connectivity index (χ2n) is 6.59. The number of unbranched alkanes of at least 4 members (excludes halogenated alkanes) is 5. The van der Waals surface area contributed by atoms with Crippen molar-refractivity contribution in [2.75, 3.05) is 6.54 Å². The van der Waals surface area contributed by atoms with E-state index < -0.39 is 0 Å². The van der Waals surface area contributed by atoms with Gasteiger partial charge in [0.1, 0.15) is 0 Å². The van der Waals surface area contributed by atoms with Crippen LogP contribution in [0.1, 0.15) is 97.3 Å². The van der Waals surface area contributed by atoms with Crippen LogP contribution >= 0.6 is 0 Å². The lowest BCUT2D eigenvalue weighted by molar-refractivity contribution is 0.360. The van der Waals surface area contributed by atoms with Crippen molar-refractivity contribution in [1.29, 1.82) is 0 Å². The highest BCUT2D eigenvalue weighted by Gasteiger charge is 2.19. The van der Waals surface area contributed by atoms with Gasteiger partial charge < -0.3 is 5.32 Å². The molecular formula is C18H37N. The fourth-order valence-corrected chi connectivity index (χ4v) is 3.47. The molecule has 1 nitrogen and oxygen atoms in total. The van der Waals surface area contributed by atoms with Crippen molar-refractivity contribution in [2.45, 2.75) is 103 Å². The fourth-order valence-electron chi connectivity index (χ4n) is 3.47. The Hall–Kier alpha value is -0.0400. The van der Waals surface area contributed by atoms with Crippen LogP contribution in [0.4, 0.5) is 0 Å². The van der Waals surface area contributed by atoms with Gasteiger partial charge in [-0.2, -0.15) is 0 Å². The highest BCUT2D eigenvalue weighted by Crippen LogP contribution is 2.29. The first-order valence-electron chi connectivity index (χ1n) is 9.10. The molecule has 1 aliphatic carbocycles. The SMILES string of the molecule is CCCCCCCCC(CC1CCCC1)NCCC. The molecule has 0 spiro atoms. The van der Waals surface area contributed by atoms with Gasteiger partial charge in [-0.25, -0.2) is 0 Å². The molecule has 1 atom stereocenters. The predicted molar refractivity (Wildman–Crippen MR) is 86.6 cm³/mol. The zero-order valence-corrected chi connectivity index (χ0v) is 13.6. The molecule has 1 rings (SSSR count). The summed E-state index contributed by atoms with van der Waals surface area (Å²) in [5.74, 6) is 1.04. The van der Waals surface area contributed by atoms with Gasteiger partial charge in [0.05, 0.1) is 0 Å². The Bertz CT molecular complexity index is 184. The van der Waals surface area contributed by atoms with Crippen molar-refractivity contribution in [2.24, 2.45) is 5.92 Å². The predicted octanol–water partition coefficient (Wildman–Crippen LogP) is 5.69. The number of rotatable bonds is 12. The van der Waals surface area contributed by atoms with Crippen LogP contribution in [0.3, 0.4) is 0 Å². The summed E-state index contributed by atoms with van der Waals surface area (Å²) in [6, 6.07) is 0.814. The highest BCUT2D eigenvalue weighted by atomic mass is 14.9. The lowest BCUT2D eigenvalue weighted by Gasteiger charge is -2.22. The molecule has 19 heavy (non-hydrogen) atoms. The molecule has 0 aromatic heterocycles. The van der Waals surface area contributed by atoms with Crippen molar-refractivity contribution in [3.8, 4) is 0 Å². The standard InChI is InChI=1S/C18H37N/c1-3-5-6-7-8-9-14-18(19-15-4-2)16-17-12-10-11-13-17/h17-19H,3-16H2,1-2H3. The Balaban J connectivity index is 2.09.